The SMILES string of the molecule is COc1ccc(N(CC(=O)c2cc(Cl)sc2C)CC(=O)c2nc(-c3ccc(C)cc3)oc2C)cc1. The van der Waals surface area contributed by atoms with Crippen molar-refractivity contribution in [3.63, 3.8) is 0 Å². The van der Waals surface area contributed by atoms with Crippen LogP contribution in [-0.2, 0) is 0 Å². The predicted octanol–water partition coefficient (Wildman–Crippen LogP) is 6.56. The number of hydrogen-bond donors (Lipinski definition) is 0. The van der Waals surface area contributed by atoms with E-state index in [0.29, 0.717) is 33.0 Å². The molecular weight excluding hydrogens is 484 g/mol. The molecule has 0 aliphatic rings. The highest BCUT2D eigenvalue weighted by atomic mass is 35.5. The maximum Gasteiger partial charge on any atom is 0.226 e. The molecule has 0 aliphatic heterocycles. The monoisotopic (exact) mass is 508 g/mol. The number of methoxy groups -OCH3 is 1. The van der Waals surface area contributed by atoms with Crippen LogP contribution >= 0.6 is 22.9 Å². The maximum absolute atomic E-state index is 13.3. The van der Waals surface area contributed by atoms with Crippen LogP contribution < -0.4 is 9.64 Å². The first-order valence-electron chi connectivity index (χ1n) is 11.0. The molecule has 4 aromatic rings. The minimum Gasteiger partial charge on any atom is -0.497 e. The number of aromatic nitrogens is 1. The molecule has 0 atom stereocenters. The van der Waals surface area contributed by atoms with E-state index < -0.39 is 0 Å². The van der Waals surface area contributed by atoms with E-state index in [2.05, 4.69) is 4.98 Å². The highest BCUT2D eigenvalue weighted by Gasteiger charge is 2.24. The zero-order valence-corrected chi connectivity index (χ0v) is 21.5. The molecule has 0 fully saturated rings. The first-order chi connectivity index (χ1) is 16.7. The highest BCUT2D eigenvalue weighted by molar-refractivity contribution is 7.16. The highest BCUT2D eigenvalue weighted by Crippen LogP contribution is 2.28. The number of halogens is 1. The minimum atomic E-state index is -0.242. The summed E-state index contributed by atoms with van der Waals surface area (Å²) in [5, 5.41) is 0. The fourth-order valence-corrected chi connectivity index (χ4v) is 4.94. The summed E-state index contributed by atoms with van der Waals surface area (Å²) in [5.74, 6) is 1.15. The molecule has 0 saturated carbocycles. The van der Waals surface area contributed by atoms with E-state index in [-0.39, 0.29) is 30.3 Å². The molecule has 0 radical (unpaired) electrons. The minimum absolute atomic E-state index is 0.00763. The van der Waals surface area contributed by atoms with Gasteiger partial charge in [0.2, 0.25) is 11.7 Å². The summed E-state index contributed by atoms with van der Waals surface area (Å²) in [4.78, 5) is 33.5. The summed E-state index contributed by atoms with van der Waals surface area (Å²) >= 11 is 7.47. The molecule has 0 aliphatic carbocycles. The van der Waals surface area contributed by atoms with Crippen LogP contribution in [0.1, 0.15) is 37.0 Å². The summed E-state index contributed by atoms with van der Waals surface area (Å²) in [6.45, 7) is 5.54. The van der Waals surface area contributed by atoms with Gasteiger partial charge in [0.1, 0.15) is 17.2 Å². The molecule has 0 spiro atoms. The summed E-state index contributed by atoms with van der Waals surface area (Å²) in [6.07, 6.45) is 0. The topological polar surface area (TPSA) is 72.6 Å². The van der Waals surface area contributed by atoms with Crippen LogP contribution in [0.4, 0.5) is 5.69 Å². The van der Waals surface area contributed by atoms with Gasteiger partial charge in [-0.2, -0.15) is 0 Å². The second-order valence-electron chi connectivity index (χ2n) is 8.21. The van der Waals surface area contributed by atoms with Crippen LogP contribution in [-0.4, -0.2) is 36.7 Å². The first-order valence-corrected chi connectivity index (χ1v) is 12.2. The smallest absolute Gasteiger partial charge is 0.226 e. The van der Waals surface area contributed by atoms with Crippen molar-refractivity contribution < 1.29 is 18.7 Å². The van der Waals surface area contributed by atoms with Crippen molar-refractivity contribution in [2.45, 2.75) is 20.8 Å². The number of Topliss-reactive ketones (excluding diaryl/α,β-unsaturated/α-hetero) is 2. The first kappa shape index (κ1) is 24.7. The molecule has 2 heterocycles. The van der Waals surface area contributed by atoms with Crippen molar-refractivity contribution in [3.05, 3.63) is 86.4 Å². The predicted molar refractivity (Wildman–Crippen MR) is 139 cm³/mol. The Bertz CT molecular complexity index is 1360. The number of anilines is 1. The maximum atomic E-state index is 13.3. The third-order valence-corrected chi connectivity index (χ3v) is 6.83. The Morgan fingerprint density at radius 1 is 1.00 bits per heavy atom. The molecule has 35 heavy (non-hydrogen) atoms. The molecule has 4 rings (SSSR count). The lowest BCUT2D eigenvalue weighted by Crippen LogP contribution is -2.35. The van der Waals surface area contributed by atoms with Crippen molar-refractivity contribution in [1.82, 2.24) is 4.98 Å². The molecule has 6 nitrogen and oxygen atoms in total. The molecule has 180 valence electrons. The molecule has 8 heteroatoms. The lowest BCUT2D eigenvalue weighted by molar-refractivity contribution is 0.0981. The number of carbonyl (C=O) groups is 2. The number of rotatable bonds is 9. The van der Waals surface area contributed by atoms with Crippen molar-refractivity contribution in [2.75, 3.05) is 25.1 Å². The molecule has 2 aromatic carbocycles. The molecule has 0 saturated heterocycles. The summed E-state index contributed by atoms with van der Waals surface area (Å²) in [7, 11) is 1.59. The van der Waals surface area contributed by atoms with Gasteiger partial charge in [0.15, 0.2) is 5.78 Å². The normalized spacial score (nSPS) is 10.9. The van der Waals surface area contributed by atoms with E-state index in [9.17, 15) is 9.59 Å². The second-order valence-corrected chi connectivity index (χ2v) is 10.1. The Morgan fingerprint density at radius 3 is 2.26 bits per heavy atom. The Balaban J connectivity index is 1.61. The lowest BCUT2D eigenvalue weighted by Gasteiger charge is -2.23. The van der Waals surface area contributed by atoms with Crippen molar-refractivity contribution in [3.8, 4) is 17.2 Å². The Kier molecular flexibility index (Phi) is 7.38. The van der Waals surface area contributed by atoms with Gasteiger partial charge in [-0.1, -0.05) is 29.3 Å². The largest absolute Gasteiger partial charge is 0.497 e. The van der Waals surface area contributed by atoms with Crippen molar-refractivity contribution in [2.24, 2.45) is 0 Å². The molecule has 0 amide bonds. The van der Waals surface area contributed by atoms with E-state index >= 15 is 0 Å². The zero-order chi connectivity index (χ0) is 25.1. The third-order valence-electron chi connectivity index (χ3n) is 5.65. The van der Waals surface area contributed by atoms with Gasteiger partial charge in [0, 0.05) is 21.7 Å². The van der Waals surface area contributed by atoms with Crippen molar-refractivity contribution in [1.29, 1.82) is 0 Å². The number of ether oxygens (including phenoxy) is 1. The van der Waals surface area contributed by atoms with E-state index in [1.165, 1.54) is 11.3 Å². The second kappa shape index (κ2) is 10.5. The van der Waals surface area contributed by atoms with Crippen LogP contribution in [0.25, 0.3) is 11.5 Å². The number of nitrogens with zero attached hydrogens (tertiary/aromatic N) is 2. The van der Waals surface area contributed by atoms with Gasteiger partial charge < -0.3 is 14.1 Å². The van der Waals surface area contributed by atoms with Gasteiger partial charge in [-0.3, -0.25) is 9.59 Å². The quantitative estimate of drug-likeness (QED) is 0.238. The van der Waals surface area contributed by atoms with Gasteiger partial charge in [-0.15, -0.1) is 11.3 Å². The Hall–Kier alpha value is -3.42. The summed E-state index contributed by atoms with van der Waals surface area (Å²) in [5.41, 5.74) is 3.44. The van der Waals surface area contributed by atoms with E-state index in [1.807, 2.05) is 50.2 Å². The average molecular weight is 509 g/mol. The number of hydrogen-bond acceptors (Lipinski definition) is 7. The van der Waals surface area contributed by atoms with Gasteiger partial charge in [0.05, 0.1) is 24.5 Å². The van der Waals surface area contributed by atoms with Crippen molar-refractivity contribution >= 4 is 40.2 Å². The van der Waals surface area contributed by atoms with Gasteiger partial charge >= 0.3 is 0 Å². The fraction of sp³-hybridized carbons (Fsp3) is 0.222. The number of benzene rings is 2. The molecule has 0 bridgehead atoms. The van der Waals surface area contributed by atoms with E-state index in [1.54, 1.807) is 37.1 Å². The number of thiophene rings is 1. The van der Waals surface area contributed by atoms with Crippen LogP contribution in [0, 0.1) is 20.8 Å². The van der Waals surface area contributed by atoms with Crippen LogP contribution in [0.5, 0.6) is 5.75 Å². The Labute approximate surface area is 213 Å². The number of carbonyl (C=O) groups excluding carboxylic acids is 2. The van der Waals surface area contributed by atoms with Gasteiger partial charge in [-0.25, -0.2) is 4.98 Å². The number of aryl methyl sites for hydroxylation is 3. The van der Waals surface area contributed by atoms with Gasteiger partial charge in [0.25, 0.3) is 0 Å². The van der Waals surface area contributed by atoms with Crippen LogP contribution in [0.2, 0.25) is 4.34 Å². The molecular formula is C27H25ClN2O4S. The third kappa shape index (κ3) is 5.63. The number of oxazole rings is 1. The summed E-state index contributed by atoms with van der Waals surface area (Å²) in [6, 6.07) is 16.6. The summed E-state index contributed by atoms with van der Waals surface area (Å²) < 4.78 is 11.6. The molecule has 0 unspecified atom stereocenters. The van der Waals surface area contributed by atoms with Crippen LogP contribution in [0.15, 0.2) is 59.0 Å². The number of ketones is 2. The molecule has 2 aromatic heterocycles. The Morgan fingerprint density at radius 2 is 1.66 bits per heavy atom. The zero-order valence-electron chi connectivity index (χ0n) is 19.9. The fourth-order valence-electron chi connectivity index (χ4n) is 3.74. The van der Waals surface area contributed by atoms with Crippen LogP contribution in [0.3, 0.4) is 0 Å². The average Bonchev–Trinajstić information content (AvgIpc) is 3.40. The van der Waals surface area contributed by atoms with E-state index in [4.69, 9.17) is 20.8 Å². The molecule has 0 N–H and O–H groups in total. The lowest BCUT2D eigenvalue weighted by atomic mass is 10.1. The van der Waals surface area contributed by atoms with E-state index in [0.717, 1.165) is 16.0 Å². The van der Waals surface area contributed by atoms with Gasteiger partial charge in [-0.05, 0) is 63.2 Å². The standard InChI is InChI=1S/C27H25ClN2O4S/c1-16-5-7-19(8-6-16)27-29-26(17(2)34-27)24(32)15-30(20-9-11-21(33-4)12-10-20)14-23(31)22-13-25(28)35-18(22)3/h5-13H,14-15H2,1-4H3.